The van der Waals surface area contributed by atoms with Crippen LogP contribution in [0.5, 0.6) is 5.75 Å². The topological polar surface area (TPSA) is 70.6 Å². The van der Waals surface area contributed by atoms with E-state index in [0.29, 0.717) is 17.7 Å². The molecule has 23 heavy (non-hydrogen) atoms. The van der Waals surface area contributed by atoms with Gasteiger partial charge >= 0.3 is 0 Å². The van der Waals surface area contributed by atoms with Crippen molar-refractivity contribution in [3.05, 3.63) is 71.3 Å². The van der Waals surface area contributed by atoms with Crippen molar-refractivity contribution >= 4 is 12.0 Å². The number of rotatable bonds is 4. The molecular formula is C18H18N2O3. The van der Waals surface area contributed by atoms with E-state index in [1.807, 2.05) is 36.4 Å². The van der Waals surface area contributed by atoms with Gasteiger partial charge < -0.3 is 9.84 Å². The summed E-state index contributed by atoms with van der Waals surface area (Å²) in [6, 6.07) is 14.3. The summed E-state index contributed by atoms with van der Waals surface area (Å²) in [5.41, 5.74) is 6.09. The minimum absolute atomic E-state index is 0.343. The van der Waals surface area contributed by atoms with Crippen LogP contribution in [0.1, 0.15) is 27.9 Å². The number of nitrogens with one attached hydrogen (secondary N) is 2. The fraction of sp³-hybridized carbons (Fsp3) is 0.167. The van der Waals surface area contributed by atoms with Crippen molar-refractivity contribution in [1.29, 1.82) is 0 Å². The average molecular weight is 310 g/mol. The summed E-state index contributed by atoms with van der Waals surface area (Å²) >= 11 is 0. The minimum atomic E-state index is -1.33. The second kappa shape index (κ2) is 6.24. The maximum atomic E-state index is 12.3. The van der Waals surface area contributed by atoms with E-state index >= 15 is 0 Å². The number of hydrogen-bond acceptors (Lipinski definition) is 4. The Morgan fingerprint density at radius 2 is 2.04 bits per heavy atom. The summed E-state index contributed by atoms with van der Waals surface area (Å²) in [5.74, 6) is 0.256. The smallest absolute Gasteiger partial charge is 0.265 e. The van der Waals surface area contributed by atoms with Crippen molar-refractivity contribution in [3.63, 3.8) is 0 Å². The molecule has 0 fully saturated rings. The number of hydrazine groups is 1. The quantitative estimate of drug-likeness (QED) is 0.598. The Bertz CT molecular complexity index is 757. The molecule has 0 aromatic heterocycles. The average Bonchev–Trinajstić information content (AvgIpc) is 2.60. The summed E-state index contributed by atoms with van der Waals surface area (Å²) in [6.07, 6.45) is 4.19. The molecule has 1 atom stereocenters. The fourth-order valence-corrected chi connectivity index (χ4v) is 2.60. The lowest BCUT2D eigenvalue weighted by Gasteiger charge is -2.32. The van der Waals surface area contributed by atoms with Gasteiger partial charge in [0.2, 0.25) is 0 Å². The van der Waals surface area contributed by atoms with E-state index in [0.717, 1.165) is 11.1 Å². The molecule has 0 heterocycles. The molecule has 0 spiro atoms. The summed E-state index contributed by atoms with van der Waals surface area (Å²) in [7, 11) is 1.54. The van der Waals surface area contributed by atoms with Crippen LogP contribution < -0.4 is 15.6 Å². The molecule has 2 aromatic carbocycles. The second-order valence-electron chi connectivity index (χ2n) is 5.37. The Hall–Kier alpha value is -2.63. The zero-order valence-electron chi connectivity index (χ0n) is 12.7. The first kappa shape index (κ1) is 15.3. The van der Waals surface area contributed by atoms with Gasteiger partial charge in [-0.15, -0.1) is 0 Å². The van der Waals surface area contributed by atoms with Crippen molar-refractivity contribution in [2.45, 2.75) is 12.1 Å². The largest absolute Gasteiger partial charge is 0.497 e. The van der Waals surface area contributed by atoms with Gasteiger partial charge in [-0.3, -0.25) is 10.2 Å². The van der Waals surface area contributed by atoms with Crippen LogP contribution in [0.15, 0.2) is 54.6 Å². The van der Waals surface area contributed by atoms with E-state index < -0.39 is 5.72 Å². The van der Waals surface area contributed by atoms with Gasteiger partial charge in [0.05, 0.1) is 7.11 Å². The normalized spacial score (nSPS) is 19.0. The number of amides is 1. The van der Waals surface area contributed by atoms with Crippen molar-refractivity contribution in [3.8, 4) is 5.75 Å². The zero-order chi connectivity index (χ0) is 16.3. The standard InChI is InChI=1S/C18H18N2O3/c1-23-15-9-4-7-14(12-15)17(21)19-20-18(22)11-5-8-13-6-2-3-10-16(13)18/h2-10,12,20,22H,11H2,1H3,(H,19,21). The van der Waals surface area contributed by atoms with Crippen LogP contribution in [0, 0.1) is 0 Å². The first-order chi connectivity index (χ1) is 11.1. The van der Waals surface area contributed by atoms with Crippen LogP contribution >= 0.6 is 0 Å². The van der Waals surface area contributed by atoms with Crippen LogP contribution in [0.2, 0.25) is 0 Å². The van der Waals surface area contributed by atoms with Gasteiger partial charge in [0.25, 0.3) is 5.91 Å². The summed E-state index contributed by atoms with van der Waals surface area (Å²) in [4.78, 5) is 12.3. The highest BCUT2D eigenvalue weighted by Crippen LogP contribution is 2.30. The Morgan fingerprint density at radius 1 is 1.22 bits per heavy atom. The SMILES string of the molecule is COc1cccc(C(=O)NNC2(O)CC=Cc3ccccc32)c1. The molecule has 3 rings (SSSR count). The lowest BCUT2D eigenvalue weighted by atomic mass is 9.90. The van der Waals surface area contributed by atoms with Crippen molar-refractivity contribution in [2.75, 3.05) is 7.11 Å². The summed E-state index contributed by atoms with van der Waals surface area (Å²) in [5, 5.41) is 10.8. The van der Waals surface area contributed by atoms with Gasteiger partial charge in [-0.2, -0.15) is 5.43 Å². The third-order valence-electron chi connectivity index (χ3n) is 3.83. The number of fused-ring (bicyclic) bond motifs is 1. The number of benzene rings is 2. The molecule has 0 saturated heterocycles. The third-order valence-corrected chi connectivity index (χ3v) is 3.83. The highest BCUT2D eigenvalue weighted by molar-refractivity contribution is 5.94. The number of aliphatic hydroxyl groups is 1. The van der Waals surface area contributed by atoms with E-state index in [1.165, 1.54) is 0 Å². The Balaban J connectivity index is 1.75. The van der Waals surface area contributed by atoms with Crippen LogP contribution in [-0.2, 0) is 5.72 Å². The van der Waals surface area contributed by atoms with Crippen LogP contribution in [0.3, 0.4) is 0 Å². The van der Waals surface area contributed by atoms with E-state index in [9.17, 15) is 9.90 Å². The van der Waals surface area contributed by atoms with Gasteiger partial charge in [0, 0.05) is 17.5 Å². The van der Waals surface area contributed by atoms with Gasteiger partial charge in [0.15, 0.2) is 5.72 Å². The first-order valence-electron chi connectivity index (χ1n) is 7.32. The molecule has 5 nitrogen and oxygen atoms in total. The van der Waals surface area contributed by atoms with Crippen molar-refractivity contribution in [2.24, 2.45) is 0 Å². The predicted molar refractivity (Wildman–Crippen MR) is 87.6 cm³/mol. The monoisotopic (exact) mass is 310 g/mol. The molecule has 2 aromatic rings. The number of ether oxygens (including phenoxy) is 1. The van der Waals surface area contributed by atoms with E-state index in [4.69, 9.17) is 4.74 Å². The lowest BCUT2D eigenvalue weighted by Crippen LogP contribution is -2.52. The molecule has 3 N–H and O–H groups in total. The molecule has 1 aliphatic rings. The molecule has 0 radical (unpaired) electrons. The highest BCUT2D eigenvalue weighted by Gasteiger charge is 2.32. The third kappa shape index (κ3) is 3.11. The molecule has 0 aliphatic heterocycles. The van der Waals surface area contributed by atoms with E-state index in [2.05, 4.69) is 10.9 Å². The molecule has 1 amide bonds. The highest BCUT2D eigenvalue weighted by atomic mass is 16.5. The second-order valence-corrected chi connectivity index (χ2v) is 5.37. The van der Waals surface area contributed by atoms with Gasteiger partial charge in [0.1, 0.15) is 5.75 Å². The summed E-state index contributed by atoms with van der Waals surface area (Å²) < 4.78 is 5.11. The fourth-order valence-electron chi connectivity index (χ4n) is 2.60. The molecule has 1 aliphatic carbocycles. The predicted octanol–water partition coefficient (Wildman–Crippen LogP) is 2.19. The van der Waals surface area contributed by atoms with Gasteiger partial charge in [-0.05, 0) is 23.8 Å². The van der Waals surface area contributed by atoms with E-state index in [1.54, 1.807) is 31.4 Å². The van der Waals surface area contributed by atoms with Gasteiger partial charge in [-0.1, -0.05) is 42.5 Å². The zero-order valence-corrected chi connectivity index (χ0v) is 12.7. The molecule has 0 bridgehead atoms. The van der Waals surface area contributed by atoms with Crippen LogP contribution in [-0.4, -0.2) is 18.1 Å². The molecule has 5 heteroatoms. The van der Waals surface area contributed by atoms with Gasteiger partial charge in [-0.25, -0.2) is 0 Å². The summed E-state index contributed by atoms with van der Waals surface area (Å²) in [6.45, 7) is 0. The van der Waals surface area contributed by atoms with E-state index in [-0.39, 0.29) is 5.91 Å². The van der Waals surface area contributed by atoms with Crippen LogP contribution in [0.4, 0.5) is 0 Å². The minimum Gasteiger partial charge on any atom is -0.497 e. The number of carbonyl (C=O) groups excluding carboxylic acids is 1. The number of methoxy groups -OCH3 is 1. The maximum Gasteiger partial charge on any atom is 0.265 e. The maximum absolute atomic E-state index is 12.3. The van der Waals surface area contributed by atoms with Crippen molar-refractivity contribution < 1.29 is 14.6 Å². The number of hydrogen-bond donors (Lipinski definition) is 3. The molecule has 118 valence electrons. The lowest BCUT2D eigenvalue weighted by molar-refractivity contribution is -0.0113. The first-order valence-corrected chi connectivity index (χ1v) is 7.32. The molecule has 0 saturated carbocycles. The Kier molecular flexibility index (Phi) is 4.14. The van der Waals surface area contributed by atoms with Crippen molar-refractivity contribution in [1.82, 2.24) is 10.9 Å². The van der Waals surface area contributed by atoms with Crippen LogP contribution in [0.25, 0.3) is 6.08 Å². The number of carbonyl (C=O) groups is 1. The Labute approximate surface area is 134 Å². The molecular weight excluding hydrogens is 292 g/mol. The Morgan fingerprint density at radius 3 is 2.87 bits per heavy atom. The molecule has 1 unspecified atom stereocenters.